The Morgan fingerprint density at radius 1 is 0.976 bits per heavy atom. The predicted molar refractivity (Wildman–Crippen MR) is 154 cm³/mol. The van der Waals surface area contributed by atoms with E-state index in [1.807, 2.05) is 37.3 Å². The van der Waals surface area contributed by atoms with Gasteiger partial charge in [0, 0.05) is 25.6 Å². The maximum absolute atomic E-state index is 14.1. The van der Waals surface area contributed by atoms with Crippen molar-refractivity contribution in [2.75, 3.05) is 30.4 Å². The molecule has 1 N–H and O–H groups in total. The Bertz CT molecular complexity index is 1450. The molecule has 0 saturated carbocycles. The molecule has 1 aliphatic rings. The van der Waals surface area contributed by atoms with E-state index in [0.29, 0.717) is 23.6 Å². The molecule has 41 heavy (non-hydrogen) atoms. The van der Waals surface area contributed by atoms with Crippen LogP contribution in [-0.2, 0) is 32.6 Å². The van der Waals surface area contributed by atoms with Crippen LogP contribution in [0.3, 0.4) is 0 Å². The number of hydrogen-bond acceptors (Lipinski definition) is 6. The molecule has 3 aromatic carbocycles. The van der Waals surface area contributed by atoms with Crippen LogP contribution in [0.1, 0.15) is 30.9 Å². The number of ether oxygens (including phenoxy) is 2. The Kier molecular flexibility index (Phi) is 9.82. The summed E-state index contributed by atoms with van der Waals surface area (Å²) in [7, 11) is -3.93. The third kappa shape index (κ3) is 7.97. The Labute approximate surface area is 239 Å². The van der Waals surface area contributed by atoms with Crippen LogP contribution < -0.4 is 19.1 Å². The number of benzene rings is 3. The van der Waals surface area contributed by atoms with Gasteiger partial charge in [0.1, 0.15) is 18.4 Å². The molecular weight excluding hydrogens is 549 g/mol. The topological polar surface area (TPSA) is 105 Å². The molecule has 1 unspecified atom stereocenters. The van der Waals surface area contributed by atoms with E-state index in [-0.39, 0.29) is 31.4 Å². The lowest BCUT2D eigenvalue weighted by Gasteiger charge is -2.33. The summed E-state index contributed by atoms with van der Waals surface area (Å²) in [6, 6.07) is 18.6. The van der Waals surface area contributed by atoms with Gasteiger partial charge in [0.2, 0.25) is 28.6 Å². The van der Waals surface area contributed by atoms with Crippen molar-refractivity contribution in [3.63, 3.8) is 0 Å². The maximum atomic E-state index is 14.1. The molecule has 0 aliphatic carbocycles. The van der Waals surface area contributed by atoms with Gasteiger partial charge in [-0.15, -0.1) is 0 Å². The number of anilines is 1. The second-order valence-electron chi connectivity index (χ2n) is 9.81. The van der Waals surface area contributed by atoms with E-state index >= 15 is 0 Å². The zero-order chi connectivity index (χ0) is 29.4. The number of carbonyl (C=O) groups excluding carboxylic acids is 2. The molecule has 1 atom stereocenters. The molecule has 2 amide bonds. The second-order valence-corrected chi connectivity index (χ2v) is 11.7. The van der Waals surface area contributed by atoms with Gasteiger partial charge in [-0.3, -0.25) is 13.9 Å². The fraction of sp³-hybridized carbons (Fsp3) is 0.333. The lowest BCUT2D eigenvalue weighted by molar-refractivity contribution is -0.140. The highest BCUT2D eigenvalue weighted by Crippen LogP contribution is 2.36. The average molecular weight is 584 g/mol. The number of rotatable bonds is 13. The number of fused-ring (bicyclic) bond motifs is 1. The van der Waals surface area contributed by atoms with Crippen LogP contribution >= 0.6 is 0 Å². The van der Waals surface area contributed by atoms with Crippen LogP contribution in [0.5, 0.6) is 11.5 Å². The molecule has 218 valence electrons. The number of halogens is 1. The summed E-state index contributed by atoms with van der Waals surface area (Å²) in [4.78, 5) is 29.0. The number of nitrogens with zero attached hydrogens (tertiary/aromatic N) is 2. The first-order valence-corrected chi connectivity index (χ1v) is 15.2. The van der Waals surface area contributed by atoms with Crippen molar-refractivity contribution in [1.82, 2.24) is 10.2 Å². The van der Waals surface area contributed by atoms with Crippen molar-refractivity contribution >= 4 is 27.5 Å². The molecule has 0 radical (unpaired) electrons. The monoisotopic (exact) mass is 583 g/mol. The van der Waals surface area contributed by atoms with Gasteiger partial charge in [-0.25, -0.2) is 12.8 Å². The van der Waals surface area contributed by atoms with Crippen LogP contribution in [0.25, 0.3) is 0 Å². The summed E-state index contributed by atoms with van der Waals surface area (Å²) in [5.74, 6) is -0.547. The summed E-state index contributed by atoms with van der Waals surface area (Å²) in [5.41, 5.74) is 1.64. The minimum Gasteiger partial charge on any atom is -0.454 e. The number of unbranched alkanes of at least 4 members (excludes halogenated alkanes) is 1. The zero-order valence-corrected chi connectivity index (χ0v) is 23.9. The van der Waals surface area contributed by atoms with E-state index in [9.17, 15) is 22.4 Å². The fourth-order valence-corrected chi connectivity index (χ4v) is 5.34. The number of carbonyl (C=O) groups is 2. The quantitative estimate of drug-likeness (QED) is 0.306. The second kappa shape index (κ2) is 13.5. The zero-order valence-electron chi connectivity index (χ0n) is 23.1. The van der Waals surface area contributed by atoms with Crippen LogP contribution in [0.2, 0.25) is 0 Å². The lowest BCUT2D eigenvalue weighted by Crippen LogP contribution is -2.53. The Balaban J connectivity index is 1.70. The van der Waals surface area contributed by atoms with Crippen LogP contribution in [-0.4, -0.2) is 57.3 Å². The van der Waals surface area contributed by atoms with Crippen LogP contribution in [0.4, 0.5) is 10.1 Å². The average Bonchev–Trinajstić information content (AvgIpc) is 3.42. The molecule has 4 rings (SSSR count). The van der Waals surface area contributed by atoms with E-state index in [2.05, 4.69) is 5.32 Å². The highest BCUT2D eigenvalue weighted by molar-refractivity contribution is 7.92. The van der Waals surface area contributed by atoms with Crippen molar-refractivity contribution in [2.45, 2.75) is 38.8 Å². The van der Waals surface area contributed by atoms with Crippen molar-refractivity contribution < 1.29 is 31.9 Å². The first kappa shape index (κ1) is 29.9. The first-order chi connectivity index (χ1) is 19.7. The maximum Gasteiger partial charge on any atom is 0.244 e. The molecule has 0 bridgehead atoms. The van der Waals surface area contributed by atoms with Crippen molar-refractivity contribution in [3.05, 3.63) is 89.7 Å². The largest absolute Gasteiger partial charge is 0.454 e. The Morgan fingerprint density at radius 3 is 2.37 bits per heavy atom. The van der Waals surface area contributed by atoms with Gasteiger partial charge in [-0.05, 0) is 41.8 Å². The van der Waals surface area contributed by atoms with E-state index in [4.69, 9.17) is 9.47 Å². The summed E-state index contributed by atoms with van der Waals surface area (Å²) >= 11 is 0. The summed E-state index contributed by atoms with van der Waals surface area (Å²) in [5, 5.41) is 2.92. The Hall–Kier alpha value is -4.12. The molecule has 3 aromatic rings. The van der Waals surface area contributed by atoms with Gasteiger partial charge in [0.15, 0.2) is 11.5 Å². The molecule has 9 nitrogen and oxygen atoms in total. The summed E-state index contributed by atoms with van der Waals surface area (Å²) in [6.45, 7) is 1.86. The predicted octanol–water partition coefficient (Wildman–Crippen LogP) is 3.88. The third-order valence-electron chi connectivity index (χ3n) is 6.69. The molecule has 0 fully saturated rings. The number of nitrogens with one attached hydrogen (secondary N) is 1. The fourth-order valence-electron chi connectivity index (χ4n) is 4.50. The molecule has 0 aromatic heterocycles. The van der Waals surface area contributed by atoms with Crippen LogP contribution in [0.15, 0.2) is 72.8 Å². The van der Waals surface area contributed by atoms with E-state index < -0.39 is 34.3 Å². The van der Waals surface area contributed by atoms with Gasteiger partial charge >= 0.3 is 0 Å². The Morgan fingerprint density at radius 2 is 1.68 bits per heavy atom. The highest BCUT2D eigenvalue weighted by Gasteiger charge is 2.33. The van der Waals surface area contributed by atoms with Crippen LogP contribution in [0, 0.1) is 5.82 Å². The molecule has 0 saturated heterocycles. The molecular formula is C30H34FN3O6S. The number of amides is 2. The van der Waals surface area contributed by atoms with E-state index in [0.717, 1.165) is 29.0 Å². The summed E-state index contributed by atoms with van der Waals surface area (Å²) in [6.07, 6.45) is 2.85. The van der Waals surface area contributed by atoms with E-state index in [1.165, 1.54) is 41.3 Å². The highest BCUT2D eigenvalue weighted by atomic mass is 32.2. The first-order valence-electron chi connectivity index (χ1n) is 13.4. The van der Waals surface area contributed by atoms with Crippen molar-refractivity contribution in [3.8, 4) is 11.5 Å². The molecule has 0 spiro atoms. The minimum atomic E-state index is -3.93. The lowest BCUT2D eigenvalue weighted by atomic mass is 10.0. The number of hydrogen-bond donors (Lipinski definition) is 1. The van der Waals surface area contributed by atoms with E-state index in [1.54, 1.807) is 6.07 Å². The molecule has 1 aliphatic heterocycles. The van der Waals surface area contributed by atoms with Crippen molar-refractivity contribution in [2.24, 2.45) is 0 Å². The smallest absolute Gasteiger partial charge is 0.244 e. The minimum absolute atomic E-state index is 0.0103. The van der Waals surface area contributed by atoms with Crippen molar-refractivity contribution in [1.29, 1.82) is 0 Å². The normalized spacial score (nSPS) is 13.0. The van der Waals surface area contributed by atoms with Gasteiger partial charge in [0.05, 0.1) is 11.9 Å². The summed E-state index contributed by atoms with van der Waals surface area (Å²) < 4.78 is 51.2. The molecule has 1 heterocycles. The number of sulfonamides is 1. The third-order valence-corrected chi connectivity index (χ3v) is 7.83. The van der Waals surface area contributed by atoms with Gasteiger partial charge < -0.3 is 19.7 Å². The van der Waals surface area contributed by atoms with Gasteiger partial charge in [-0.1, -0.05) is 55.8 Å². The standard InChI is InChI=1S/C30H34FN3O6S/c1-3-4-16-32-30(36)26(17-22-8-6-5-7-9-22)33(19-23-10-12-24(31)13-11-23)29(35)20-34(41(2,37)38)25-14-15-27-28(18-25)40-21-39-27/h5-15,18,26H,3-4,16-17,19-21H2,1-2H3,(H,32,36). The van der Waals surface area contributed by atoms with Gasteiger partial charge in [0.25, 0.3) is 0 Å². The molecule has 11 heteroatoms. The van der Waals surface area contributed by atoms with Gasteiger partial charge in [-0.2, -0.15) is 0 Å². The SMILES string of the molecule is CCCCNC(=O)C(Cc1ccccc1)N(Cc1ccc(F)cc1)C(=O)CN(c1ccc2c(c1)OCO2)S(C)(=O)=O.